The molecule has 0 aliphatic carbocycles. The summed E-state index contributed by atoms with van der Waals surface area (Å²) < 4.78 is 42.4. The summed E-state index contributed by atoms with van der Waals surface area (Å²) in [5, 5.41) is 3.22. The average Bonchev–Trinajstić information content (AvgIpc) is 2.34. The van der Waals surface area contributed by atoms with Gasteiger partial charge in [-0.15, -0.1) is 0 Å². The predicted molar refractivity (Wildman–Crippen MR) is 71.7 cm³/mol. The summed E-state index contributed by atoms with van der Waals surface area (Å²) in [7, 11) is 0. The van der Waals surface area contributed by atoms with Crippen molar-refractivity contribution in [3.05, 3.63) is 23.4 Å². The van der Waals surface area contributed by atoms with Crippen LogP contribution in [0.2, 0.25) is 0 Å². The van der Waals surface area contributed by atoms with Gasteiger partial charge in [0.15, 0.2) is 6.10 Å². The second kappa shape index (κ2) is 6.92. The van der Waals surface area contributed by atoms with E-state index in [1.165, 1.54) is 0 Å². The SMILES string of the molecule is CCc1cc(CNC(C)C)cc(OC(C)C(F)(F)F)n1. The minimum Gasteiger partial charge on any atom is -0.465 e. The van der Waals surface area contributed by atoms with Gasteiger partial charge in [-0.3, -0.25) is 0 Å². The van der Waals surface area contributed by atoms with Crippen LogP contribution in [0.25, 0.3) is 0 Å². The lowest BCUT2D eigenvalue weighted by Crippen LogP contribution is -2.31. The van der Waals surface area contributed by atoms with Gasteiger partial charge in [0.05, 0.1) is 0 Å². The van der Waals surface area contributed by atoms with E-state index >= 15 is 0 Å². The zero-order valence-corrected chi connectivity index (χ0v) is 12.2. The van der Waals surface area contributed by atoms with E-state index in [-0.39, 0.29) is 5.88 Å². The molecule has 1 N–H and O–H groups in total. The first-order valence-electron chi connectivity index (χ1n) is 6.69. The summed E-state index contributed by atoms with van der Waals surface area (Å²) >= 11 is 0. The fourth-order valence-corrected chi connectivity index (χ4v) is 1.53. The quantitative estimate of drug-likeness (QED) is 0.871. The Morgan fingerprint density at radius 1 is 1.25 bits per heavy atom. The normalized spacial score (nSPS) is 13.6. The van der Waals surface area contributed by atoms with Gasteiger partial charge in [-0.2, -0.15) is 13.2 Å². The number of aryl methyl sites for hydroxylation is 1. The number of halogens is 3. The third kappa shape index (κ3) is 5.36. The van der Waals surface area contributed by atoms with E-state index in [4.69, 9.17) is 4.74 Å². The van der Waals surface area contributed by atoms with Gasteiger partial charge in [0.2, 0.25) is 5.88 Å². The molecule has 1 unspecified atom stereocenters. The summed E-state index contributed by atoms with van der Waals surface area (Å²) in [5.74, 6) is 0.0229. The molecule has 0 saturated heterocycles. The minimum absolute atomic E-state index is 0.0229. The number of nitrogens with zero attached hydrogens (tertiary/aromatic N) is 1. The topological polar surface area (TPSA) is 34.1 Å². The summed E-state index contributed by atoms with van der Waals surface area (Å²) in [5.41, 5.74) is 1.59. The Balaban J connectivity index is 2.87. The van der Waals surface area contributed by atoms with Gasteiger partial charge in [-0.25, -0.2) is 4.98 Å². The van der Waals surface area contributed by atoms with Crippen molar-refractivity contribution in [2.24, 2.45) is 0 Å². The molecule has 6 heteroatoms. The molecular weight excluding hydrogens is 269 g/mol. The van der Waals surface area contributed by atoms with E-state index in [1.54, 1.807) is 6.07 Å². The minimum atomic E-state index is -4.39. The third-order valence-electron chi connectivity index (χ3n) is 2.75. The lowest BCUT2D eigenvalue weighted by Gasteiger charge is -2.18. The molecule has 0 amide bonds. The van der Waals surface area contributed by atoms with Crippen LogP contribution in [0.15, 0.2) is 12.1 Å². The molecule has 0 bridgehead atoms. The first kappa shape index (κ1) is 16.8. The first-order chi connectivity index (χ1) is 9.22. The highest BCUT2D eigenvalue weighted by Gasteiger charge is 2.38. The summed E-state index contributed by atoms with van der Waals surface area (Å²) in [6, 6.07) is 3.73. The van der Waals surface area contributed by atoms with Crippen molar-refractivity contribution in [3.63, 3.8) is 0 Å². The van der Waals surface area contributed by atoms with Crippen LogP contribution in [0.4, 0.5) is 13.2 Å². The molecule has 0 aliphatic heterocycles. The Kier molecular flexibility index (Phi) is 5.80. The van der Waals surface area contributed by atoms with E-state index in [1.807, 2.05) is 26.8 Å². The van der Waals surface area contributed by atoms with Crippen molar-refractivity contribution in [3.8, 4) is 5.88 Å². The monoisotopic (exact) mass is 290 g/mol. The number of hydrogen-bond acceptors (Lipinski definition) is 3. The molecule has 0 spiro atoms. The molecule has 1 rings (SSSR count). The van der Waals surface area contributed by atoms with Gasteiger partial charge in [0.1, 0.15) is 0 Å². The van der Waals surface area contributed by atoms with Crippen LogP contribution in [0, 0.1) is 0 Å². The van der Waals surface area contributed by atoms with Crippen molar-refractivity contribution in [2.45, 2.75) is 59.0 Å². The number of pyridine rings is 1. The fourth-order valence-electron chi connectivity index (χ4n) is 1.53. The number of aromatic nitrogens is 1. The third-order valence-corrected chi connectivity index (χ3v) is 2.75. The number of alkyl halides is 3. The van der Waals surface area contributed by atoms with Crippen LogP contribution >= 0.6 is 0 Å². The summed E-state index contributed by atoms with van der Waals surface area (Å²) in [4.78, 5) is 4.08. The van der Waals surface area contributed by atoms with Crippen LogP contribution in [0.3, 0.4) is 0 Å². The largest absolute Gasteiger partial charge is 0.465 e. The molecule has 1 atom stereocenters. The molecule has 0 radical (unpaired) electrons. The zero-order valence-electron chi connectivity index (χ0n) is 12.2. The van der Waals surface area contributed by atoms with E-state index in [0.29, 0.717) is 19.0 Å². The molecule has 1 aromatic rings. The van der Waals surface area contributed by atoms with E-state index < -0.39 is 12.3 Å². The molecule has 3 nitrogen and oxygen atoms in total. The van der Waals surface area contributed by atoms with Crippen LogP contribution in [0.5, 0.6) is 5.88 Å². The van der Waals surface area contributed by atoms with Gasteiger partial charge in [0.25, 0.3) is 0 Å². The Bertz CT molecular complexity index is 433. The van der Waals surface area contributed by atoms with Gasteiger partial charge < -0.3 is 10.1 Å². The number of nitrogens with one attached hydrogen (secondary N) is 1. The number of ether oxygens (including phenoxy) is 1. The molecular formula is C14H21F3N2O. The van der Waals surface area contributed by atoms with Gasteiger partial charge in [0, 0.05) is 24.3 Å². The maximum Gasteiger partial charge on any atom is 0.425 e. The lowest BCUT2D eigenvalue weighted by molar-refractivity contribution is -0.190. The molecule has 0 aliphatic rings. The molecule has 1 aromatic heterocycles. The van der Waals surface area contributed by atoms with Crippen LogP contribution in [-0.4, -0.2) is 23.3 Å². The molecule has 114 valence electrons. The van der Waals surface area contributed by atoms with Crippen molar-refractivity contribution in [2.75, 3.05) is 0 Å². The van der Waals surface area contributed by atoms with Crippen LogP contribution in [0.1, 0.15) is 39.0 Å². The van der Waals surface area contributed by atoms with E-state index in [9.17, 15) is 13.2 Å². The predicted octanol–water partition coefficient (Wildman–Crippen LogP) is 3.47. The Morgan fingerprint density at radius 3 is 2.40 bits per heavy atom. The standard InChI is InChI=1S/C14H21F3N2O/c1-5-12-6-11(8-18-9(2)3)7-13(19-12)20-10(4)14(15,16)17/h6-7,9-10,18H,5,8H2,1-4H3. The van der Waals surface area contributed by atoms with E-state index in [0.717, 1.165) is 18.2 Å². The van der Waals surface area contributed by atoms with Crippen molar-refractivity contribution < 1.29 is 17.9 Å². The lowest BCUT2D eigenvalue weighted by atomic mass is 10.2. The zero-order chi connectivity index (χ0) is 15.3. The second-order valence-electron chi connectivity index (χ2n) is 5.00. The molecule has 1 heterocycles. The smallest absolute Gasteiger partial charge is 0.425 e. The Labute approximate surface area is 117 Å². The Hall–Kier alpha value is -1.30. The highest BCUT2D eigenvalue weighted by Crippen LogP contribution is 2.24. The van der Waals surface area contributed by atoms with Crippen LogP contribution < -0.4 is 10.1 Å². The maximum absolute atomic E-state index is 12.5. The fraction of sp³-hybridized carbons (Fsp3) is 0.643. The molecule has 0 fully saturated rings. The second-order valence-corrected chi connectivity index (χ2v) is 5.00. The maximum atomic E-state index is 12.5. The van der Waals surface area contributed by atoms with Crippen molar-refractivity contribution in [1.82, 2.24) is 10.3 Å². The average molecular weight is 290 g/mol. The molecule has 0 aromatic carbocycles. The van der Waals surface area contributed by atoms with Gasteiger partial charge in [-0.05, 0) is 25.0 Å². The summed E-state index contributed by atoms with van der Waals surface area (Å²) in [6.07, 6.45) is -5.61. The Morgan fingerprint density at radius 2 is 1.90 bits per heavy atom. The van der Waals surface area contributed by atoms with Crippen molar-refractivity contribution in [1.29, 1.82) is 0 Å². The highest BCUT2D eigenvalue weighted by molar-refractivity contribution is 5.25. The van der Waals surface area contributed by atoms with Gasteiger partial charge >= 0.3 is 6.18 Å². The van der Waals surface area contributed by atoms with Crippen LogP contribution in [-0.2, 0) is 13.0 Å². The van der Waals surface area contributed by atoms with E-state index in [2.05, 4.69) is 10.3 Å². The highest BCUT2D eigenvalue weighted by atomic mass is 19.4. The molecule has 20 heavy (non-hydrogen) atoms. The summed E-state index contributed by atoms with van der Waals surface area (Å²) in [6.45, 7) is 7.46. The van der Waals surface area contributed by atoms with Crippen molar-refractivity contribution >= 4 is 0 Å². The number of rotatable bonds is 6. The van der Waals surface area contributed by atoms with Gasteiger partial charge in [-0.1, -0.05) is 20.8 Å². The molecule has 0 saturated carbocycles. The first-order valence-corrected chi connectivity index (χ1v) is 6.69. The number of hydrogen-bond donors (Lipinski definition) is 1.